The summed E-state index contributed by atoms with van der Waals surface area (Å²) in [5.74, 6) is -0.699. The molecule has 0 saturated carbocycles. The van der Waals surface area contributed by atoms with Crippen LogP contribution in [-0.4, -0.2) is 49.6 Å². The highest BCUT2D eigenvalue weighted by Gasteiger charge is 2.55. The SMILES string of the molecule is CCCCCCCCCCCCO[C@H]1[C@H]2OC(C)(C)O[C@H]2O[C@H]1CNC(=O)Nc1ccc(C)cc1. The van der Waals surface area contributed by atoms with Crippen molar-refractivity contribution in [3.8, 4) is 0 Å². The van der Waals surface area contributed by atoms with Crippen molar-refractivity contribution in [3.05, 3.63) is 29.8 Å². The van der Waals surface area contributed by atoms with Gasteiger partial charge in [-0.05, 0) is 39.3 Å². The molecule has 2 aliphatic rings. The van der Waals surface area contributed by atoms with E-state index in [2.05, 4.69) is 17.6 Å². The van der Waals surface area contributed by atoms with E-state index in [1.165, 1.54) is 57.8 Å². The highest BCUT2D eigenvalue weighted by atomic mass is 16.8. The number of hydrogen-bond donors (Lipinski definition) is 2. The molecule has 4 atom stereocenters. The lowest BCUT2D eigenvalue weighted by atomic mass is 10.1. The second kappa shape index (κ2) is 14.2. The van der Waals surface area contributed by atoms with Crippen molar-refractivity contribution in [1.29, 1.82) is 0 Å². The van der Waals surface area contributed by atoms with Gasteiger partial charge in [0.05, 0.1) is 0 Å². The number of anilines is 1. The third-order valence-corrected chi connectivity index (χ3v) is 6.67. The van der Waals surface area contributed by atoms with Crippen LogP contribution in [-0.2, 0) is 18.9 Å². The predicted octanol–water partition coefficient (Wildman–Crippen LogP) is 6.30. The zero-order valence-electron chi connectivity index (χ0n) is 22.1. The number of ether oxygens (including phenoxy) is 4. The molecular weight excluding hydrogens is 444 g/mol. The molecule has 2 saturated heterocycles. The Kier molecular flexibility index (Phi) is 11.3. The van der Waals surface area contributed by atoms with E-state index in [0.717, 1.165) is 17.7 Å². The van der Waals surface area contributed by atoms with Crippen LogP contribution >= 0.6 is 0 Å². The molecule has 2 aliphatic heterocycles. The molecule has 7 nitrogen and oxygen atoms in total. The standard InChI is InChI=1S/C28H46N2O5/c1-5-6-7-8-9-10-11-12-13-14-19-32-24-23(33-26-25(24)34-28(3,4)35-26)20-29-27(31)30-22-17-15-21(2)16-18-22/h15-18,23-26H,5-14,19-20H2,1-4H3,(H2,29,30,31)/t23-,24+,25+,26+/m0/s1. The Labute approximate surface area is 211 Å². The molecule has 198 valence electrons. The van der Waals surface area contributed by atoms with Crippen molar-refractivity contribution in [3.63, 3.8) is 0 Å². The van der Waals surface area contributed by atoms with Gasteiger partial charge < -0.3 is 29.6 Å². The molecule has 0 bridgehead atoms. The smallest absolute Gasteiger partial charge is 0.319 e. The Hall–Kier alpha value is -1.67. The van der Waals surface area contributed by atoms with Crippen LogP contribution in [0.2, 0.25) is 0 Å². The molecule has 0 unspecified atom stereocenters. The molecule has 0 aliphatic carbocycles. The molecule has 2 amide bonds. The number of fused-ring (bicyclic) bond motifs is 1. The van der Waals surface area contributed by atoms with Crippen LogP contribution in [0.1, 0.15) is 90.5 Å². The molecule has 2 heterocycles. The van der Waals surface area contributed by atoms with Crippen molar-refractivity contribution in [2.24, 2.45) is 0 Å². The van der Waals surface area contributed by atoms with Gasteiger partial charge in [-0.1, -0.05) is 82.4 Å². The van der Waals surface area contributed by atoms with E-state index in [-0.39, 0.29) is 24.3 Å². The van der Waals surface area contributed by atoms with Crippen LogP contribution in [0, 0.1) is 6.92 Å². The molecule has 3 rings (SSSR count). The predicted molar refractivity (Wildman–Crippen MR) is 138 cm³/mol. The number of amides is 2. The second-order valence-electron chi connectivity index (χ2n) is 10.4. The van der Waals surface area contributed by atoms with E-state index >= 15 is 0 Å². The summed E-state index contributed by atoms with van der Waals surface area (Å²) in [7, 11) is 0. The number of rotatable bonds is 15. The van der Waals surface area contributed by atoms with Gasteiger partial charge >= 0.3 is 6.03 Å². The average molecular weight is 491 g/mol. The number of nitrogens with one attached hydrogen (secondary N) is 2. The van der Waals surface area contributed by atoms with E-state index < -0.39 is 12.1 Å². The lowest BCUT2D eigenvalue weighted by Gasteiger charge is -2.26. The third-order valence-electron chi connectivity index (χ3n) is 6.67. The number of urea groups is 1. The van der Waals surface area contributed by atoms with Gasteiger partial charge in [-0.25, -0.2) is 4.79 Å². The fourth-order valence-electron chi connectivity index (χ4n) is 4.73. The molecule has 0 spiro atoms. The first-order chi connectivity index (χ1) is 16.9. The Morgan fingerprint density at radius 2 is 1.57 bits per heavy atom. The maximum absolute atomic E-state index is 12.4. The number of unbranched alkanes of at least 4 members (excludes halogenated alkanes) is 9. The van der Waals surface area contributed by atoms with Crippen molar-refractivity contribution >= 4 is 11.7 Å². The maximum Gasteiger partial charge on any atom is 0.319 e. The number of benzene rings is 1. The van der Waals surface area contributed by atoms with Crippen LogP contribution in [0.4, 0.5) is 10.5 Å². The summed E-state index contributed by atoms with van der Waals surface area (Å²) in [6.45, 7) is 9.02. The first kappa shape index (κ1) is 27.9. The van der Waals surface area contributed by atoms with Crippen molar-refractivity contribution < 1.29 is 23.7 Å². The minimum atomic E-state index is -0.699. The highest BCUT2D eigenvalue weighted by Crippen LogP contribution is 2.38. The van der Waals surface area contributed by atoms with E-state index in [4.69, 9.17) is 18.9 Å². The number of carbonyl (C=O) groups is 1. The van der Waals surface area contributed by atoms with Crippen molar-refractivity contribution in [2.45, 2.75) is 122 Å². The zero-order chi connectivity index (χ0) is 25.1. The molecule has 2 fully saturated rings. The van der Waals surface area contributed by atoms with Gasteiger partial charge in [0, 0.05) is 18.8 Å². The first-order valence-electron chi connectivity index (χ1n) is 13.6. The molecule has 1 aromatic rings. The summed E-state index contributed by atoms with van der Waals surface area (Å²) in [6, 6.07) is 7.42. The van der Waals surface area contributed by atoms with Crippen LogP contribution in [0.3, 0.4) is 0 Å². The van der Waals surface area contributed by atoms with Crippen LogP contribution in [0.25, 0.3) is 0 Å². The number of carbonyl (C=O) groups excluding carboxylic acids is 1. The monoisotopic (exact) mass is 490 g/mol. The highest BCUT2D eigenvalue weighted by molar-refractivity contribution is 5.89. The fourth-order valence-corrected chi connectivity index (χ4v) is 4.73. The maximum atomic E-state index is 12.4. The number of hydrogen-bond acceptors (Lipinski definition) is 5. The van der Waals surface area contributed by atoms with Crippen molar-refractivity contribution in [1.82, 2.24) is 5.32 Å². The van der Waals surface area contributed by atoms with E-state index in [0.29, 0.717) is 13.2 Å². The fraction of sp³-hybridized carbons (Fsp3) is 0.750. The van der Waals surface area contributed by atoms with Crippen LogP contribution in [0.15, 0.2) is 24.3 Å². The lowest BCUT2D eigenvalue weighted by Crippen LogP contribution is -2.44. The van der Waals surface area contributed by atoms with Gasteiger partial charge in [0.15, 0.2) is 12.1 Å². The van der Waals surface area contributed by atoms with Gasteiger partial charge in [-0.15, -0.1) is 0 Å². The number of aryl methyl sites for hydroxylation is 1. The average Bonchev–Trinajstić information content (AvgIpc) is 3.29. The molecule has 2 N–H and O–H groups in total. The summed E-state index contributed by atoms with van der Waals surface area (Å²) in [5, 5.41) is 5.76. The molecule has 35 heavy (non-hydrogen) atoms. The first-order valence-corrected chi connectivity index (χ1v) is 13.6. The summed E-state index contributed by atoms with van der Waals surface area (Å²) < 4.78 is 24.3. The summed E-state index contributed by atoms with van der Waals surface area (Å²) in [6.07, 6.45) is 11.5. The van der Waals surface area contributed by atoms with E-state index in [9.17, 15) is 4.79 Å². The second-order valence-corrected chi connectivity index (χ2v) is 10.4. The third kappa shape index (κ3) is 9.37. The van der Waals surface area contributed by atoms with Gasteiger partial charge in [-0.2, -0.15) is 0 Å². The molecular formula is C28H46N2O5. The molecule has 0 aromatic heterocycles. The Morgan fingerprint density at radius 3 is 2.23 bits per heavy atom. The van der Waals surface area contributed by atoms with Crippen LogP contribution in [0.5, 0.6) is 0 Å². The van der Waals surface area contributed by atoms with Crippen LogP contribution < -0.4 is 10.6 Å². The Bertz CT molecular complexity index is 754. The largest absolute Gasteiger partial charge is 0.373 e. The van der Waals surface area contributed by atoms with E-state index in [1.54, 1.807) is 0 Å². The Morgan fingerprint density at radius 1 is 0.943 bits per heavy atom. The zero-order valence-corrected chi connectivity index (χ0v) is 22.1. The summed E-state index contributed by atoms with van der Waals surface area (Å²) in [4.78, 5) is 12.4. The minimum absolute atomic E-state index is 0.273. The van der Waals surface area contributed by atoms with Crippen molar-refractivity contribution in [2.75, 3.05) is 18.5 Å². The normalized spacial score (nSPS) is 24.9. The van der Waals surface area contributed by atoms with Gasteiger partial charge in [0.1, 0.15) is 18.3 Å². The van der Waals surface area contributed by atoms with Gasteiger partial charge in [0.25, 0.3) is 0 Å². The van der Waals surface area contributed by atoms with Gasteiger partial charge in [-0.3, -0.25) is 0 Å². The lowest BCUT2D eigenvalue weighted by molar-refractivity contribution is -0.217. The summed E-state index contributed by atoms with van der Waals surface area (Å²) in [5.41, 5.74) is 1.90. The minimum Gasteiger partial charge on any atom is -0.373 e. The topological polar surface area (TPSA) is 78.1 Å². The molecule has 7 heteroatoms. The molecule has 0 radical (unpaired) electrons. The summed E-state index contributed by atoms with van der Waals surface area (Å²) >= 11 is 0. The Balaban J connectivity index is 1.37. The van der Waals surface area contributed by atoms with Gasteiger partial charge in [0.2, 0.25) is 0 Å². The quantitative estimate of drug-likeness (QED) is 0.282. The molecule has 1 aromatic carbocycles. The van der Waals surface area contributed by atoms with E-state index in [1.807, 2.05) is 45.0 Å².